The van der Waals surface area contributed by atoms with Crippen molar-refractivity contribution < 1.29 is 14.9 Å². The number of aromatic hydroxyl groups is 1. The van der Waals surface area contributed by atoms with Crippen LogP contribution in [0.3, 0.4) is 0 Å². The third-order valence-corrected chi connectivity index (χ3v) is 10.6. The number of aliphatic hydroxyl groups is 1. The summed E-state index contributed by atoms with van der Waals surface area (Å²) >= 11 is 0. The molecule has 1 unspecified atom stereocenters. The number of phenolic OH excluding ortho intramolecular Hbond substituents is 1. The van der Waals surface area contributed by atoms with Crippen LogP contribution in [0.25, 0.3) is 10.9 Å². The number of H-pyrrole nitrogens is 1. The molecular weight excluding hydrogens is 665 g/mol. The van der Waals surface area contributed by atoms with Gasteiger partial charge in [0, 0.05) is 38.2 Å². The lowest BCUT2D eigenvalue weighted by molar-refractivity contribution is 0.104. The molecule has 0 amide bonds. The van der Waals surface area contributed by atoms with Gasteiger partial charge < -0.3 is 30.2 Å². The Morgan fingerprint density at radius 3 is 2.21 bits per heavy atom. The van der Waals surface area contributed by atoms with Gasteiger partial charge in [0.15, 0.2) is 11.4 Å². The van der Waals surface area contributed by atoms with E-state index in [4.69, 9.17) is 9.84 Å². The SMILES string of the molecule is COC(CNCCc1ccc(CCN2CCC(Cn3cnc(C(O)(c4ccccc4)c4ccccc4)n3)CC2)cc1)c1ccc(O)c2[nH]c(=O)ccc12. The van der Waals surface area contributed by atoms with Crippen LogP contribution in [0.5, 0.6) is 5.75 Å². The summed E-state index contributed by atoms with van der Waals surface area (Å²) in [6.45, 7) is 5.37. The van der Waals surface area contributed by atoms with Crippen LogP contribution in [0.1, 0.15) is 52.6 Å². The molecule has 2 aromatic heterocycles. The van der Waals surface area contributed by atoms with Crippen molar-refractivity contribution in [2.75, 3.05) is 39.8 Å². The number of aromatic amines is 1. The van der Waals surface area contributed by atoms with Crippen molar-refractivity contribution in [2.45, 2.75) is 43.9 Å². The largest absolute Gasteiger partial charge is 0.506 e. The van der Waals surface area contributed by atoms with E-state index < -0.39 is 5.60 Å². The molecule has 10 heteroatoms. The Balaban J connectivity index is 0.849. The van der Waals surface area contributed by atoms with Crippen LogP contribution in [0.2, 0.25) is 0 Å². The van der Waals surface area contributed by atoms with Gasteiger partial charge in [-0.05, 0) is 91.2 Å². The van der Waals surface area contributed by atoms with Gasteiger partial charge in [0.1, 0.15) is 12.1 Å². The first-order chi connectivity index (χ1) is 25.9. The molecule has 0 saturated carbocycles. The smallest absolute Gasteiger partial charge is 0.248 e. The number of methoxy groups -OCH3 is 1. The quantitative estimate of drug-likeness (QED) is 0.102. The molecule has 10 nitrogen and oxygen atoms in total. The summed E-state index contributed by atoms with van der Waals surface area (Å²) in [5, 5.41) is 31.3. The van der Waals surface area contributed by atoms with Gasteiger partial charge >= 0.3 is 0 Å². The van der Waals surface area contributed by atoms with Crippen LogP contribution >= 0.6 is 0 Å². The molecule has 0 radical (unpaired) electrons. The summed E-state index contributed by atoms with van der Waals surface area (Å²) in [4.78, 5) is 21.7. The van der Waals surface area contributed by atoms with Crippen LogP contribution in [-0.4, -0.2) is 74.7 Å². The van der Waals surface area contributed by atoms with Gasteiger partial charge in [-0.15, -0.1) is 0 Å². The van der Waals surface area contributed by atoms with Crippen LogP contribution in [0, 0.1) is 5.92 Å². The second kappa shape index (κ2) is 16.7. The minimum absolute atomic E-state index is 0.0469. The maximum atomic E-state index is 12.0. The summed E-state index contributed by atoms with van der Waals surface area (Å²) in [6.07, 6.45) is 5.68. The number of hydrogen-bond acceptors (Lipinski definition) is 8. The Morgan fingerprint density at radius 2 is 1.55 bits per heavy atom. The number of likely N-dealkylation sites (tertiary alicyclic amines) is 1. The predicted octanol–water partition coefficient (Wildman–Crippen LogP) is 5.58. The molecule has 1 saturated heterocycles. The van der Waals surface area contributed by atoms with Crippen molar-refractivity contribution in [1.82, 2.24) is 30.0 Å². The Labute approximate surface area is 310 Å². The van der Waals surface area contributed by atoms with E-state index in [1.165, 1.54) is 17.2 Å². The van der Waals surface area contributed by atoms with Gasteiger partial charge in [-0.2, -0.15) is 5.10 Å². The minimum Gasteiger partial charge on any atom is -0.506 e. The zero-order chi connectivity index (χ0) is 36.6. The second-order valence-electron chi connectivity index (χ2n) is 14.0. The fraction of sp³-hybridized carbons (Fsp3) is 0.326. The van der Waals surface area contributed by atoms with E-state index in [0.29, 0.717) is 23.8 Å². The Morgan fingerprint density at radius 1 is 0.887 bits per heavy atom. The third-order valence-electron chi connectivity index (χ3n) is 10.6. The van der Waals surface area contributed by atoms with Gasteiger partial charge in [0.2, 0.25) is 5.56 Å². The second-order valence-corrected chi connectivity index (χ2v) is 14.0. The lowest BCUT2D eigenvalue weighted by Crippen LogP contribution is -2.36. The van der Waals surface area contributed by atoms with Crippen molar-refractivity contribution in [3.63, 3.8) is 0 Å². The summed E-state index contributed by atoms with van der Waals surface area (Å²) in [6, 6.07) is 34.9. The van der Waals surface area contributed by atoms with Crippen molar-refractivity contribution in [1.29, 1.82) is 0 Å². The molecule has 274 valence electrons. The molecule has 4 N–H and O–H groups in total. The number of phenols is 1. The Bertz CT molecular complexity index is 2090. The van der Waals surface area contributed by atoms with Crippen molar-refractivity contribution >= 4 is 10.9 Å². The molecule has 1 aliphatic heterocycles. The van der Waals surface area contributed by atoms with Crippen molar-refractivity contribution in [3.8, 4) is 5.75 Å². The molecule has 7 rings (SSSR count). The Kier molecular flexibility index (Phi) is 11.4. The maximum absolute atomic E-state index is 12.0. The third kappa shape index (κ3) is 8.42. The monoisotopic (exact) mass is 712 g/mol. The van der Waals surface area contributed by atoms with Gasteiger partial charge in [0.25, 0.3) is 0 Å². The lowest BCUT2D eigenvalue weighted by atomic mass is 9.86. The highest BCUT2D eigenvalue weighted by Gasteiger charge is 2.38. The van der Waals surface area contributed by atoms with Crippen molar-refractivity contribution in [2.24, 2.45) is 5.92 Å². The number of hydrogen-bond donors (Lipinski definition) is 4. The molecule has 3 heterocycles. The zero-order valence-electron chi connectivity index (χ0n) is 30.2. The van der Waals surface area contributed by atoms with E-state index in [9.17, 15) is 15.0 Å². The van der Waals surface area contributed by atoms with Crippen LogP contribution in [-0.2, 0) is 29.7 Å². The minimum atomic E-state index is -1.42. The molecular formula is C43H48N6O4. The number of nitrogens with zero attached hydrogens (tertiary/aromatic N) is 4. The van der Waals surface area contributed by atoms with E-state index in [2.05, 4.69) is 44.5 Å². The molecule has 0 bridgehead atoms. The molecule has 1 aliphatic rings. The molecule has 0 spiro atoms. The highest BCUT2D eigenvalue weighted by Crippen LogP contribution is 2.35. The van der Waals surface area contributed by atoms with E-state index in [1.54, 1.807) is 25.6 Å². The number of nitrogens with one attached hydrogen (secondary N) is 2. The van der Waals surface area contributed by atoms with Crippen molar-refractivity contribution in [3.05, 3.63) is 160 Å². The standard InChI is InChI=1S/C43H48N6O4/c1-53-39(36-16-18-38(50)41-37(36)17-19-40(51)46-41)28-44-24-20-31-12-14-32(15-13-31)21-25-48-26-22-33(23-27-48)29-49-30-45-42(47-49)43(52,34-8-4-2-5-9-34)35-10-6-3-7-11-35/h2-19,30,33,39,44,50,52H,20-29H2,1H3,(H,46,51). The molecule has 4 aromatic carbocycles. The molecule has 53 heavy (non-hydrogen) atoms. The number of piperidine rings is 1. The average molecular weight is 713 g/mol. The molecule has 1 atom stereocenters. The van der Waals surface area contributed by atoms with E-state index in [0.717, 1.165) is 80.5 Å². The zero-order valence-corrected chi connectivity index (χ0v) is 30.2. The van der Waals surface area contributed by atoms with Crippen LogP contribution in [0.15, 0.2) is 120 Å². The predicted molar refractivity (Wildman–Crippen MR) is 207 cm³/mol. The molecule has 6 aromatic rings. The first kappa shape index (κ1) is 36.2. The van der Waals surface area contributed by atoms with E-state index in [1.807, 2.05) is 71.4 Å². The van der Waals surface area contributed by atoms with Gasteiger partial charge in [-0.3, -0.25) is 9.48 Å². The van der Waals surface area contributed by atoms with Gasteiger partial charge in [-0.1, -0.05) is 91.0 Å². The number of fused-ring (bicyclic) bond motifs is 1. The van der Waals surface area contributed by atoms with E-state index in [-0.39, 0.29) is 17.4 Å². The summed E-state index contributed by atoms with van der Waals surface area (Å²) in [5.74, 6) is 0.958. The fourth-order valence-corrected chi connectivity index (χ4v) is 7.47. The number of pyridine rings is 1. The average Bonchev–Trinajstić information content (AvgIpc) is 3.68. The van der Waals surface area contributed by atoms with Crippen LogP contribution in [0.4, 0.5) is 0 Å². The normalized spacial score (nSPS) is 14.8. The number of benzene rings is 4. The Hall–Kier alpha value is -5.13. The summed E-state index contributed by atoms with van der Waals surface area (Å²) < 4.78 is 7.68. The summed E-state index contributed by atoms with van der Waals surface area (Å²) in [7, 11) is 1.67. The molecule has 1 fully saturated rings. The van der Waals surface area contributed by atoms with E-state index >= 15 is 0 Å². The highest BCUT2D eigenvalue weighted by molar-refractivity contribution is 5.87. The number of ether oxygens (including phenoxy) is 1. The lowest BCUT2D eigenvalue weighted by Gasteiger charge is -2.32. The van der Waals surface area contributed by atoms with Crippen LogP contribution < -0.4 is 10.9 Å². The topological polar surface area (TPSA) is 129 Å². The first-order valence-electron chi connectivity index (χ1n) is 18.5. The maximum Gasteiger partial charge on any atom is 0.248 e. The number of rotatable bonds is 15. The van der Waals surface area contributed by atoms with Gasteiger partial charge in [-0.25, -0.2) is 4.98 Å². The number of aromatic nitrogens is 4. The fourth-order valence-electron chi connectivity index (χ4n) is 7.47. The van der Waals surface area contributed by atoms with Gasteiger partial charge in [0.05, 0.1) is 11.6 Å². The summed E-state index contributed by atoms with van der Waals surface area (Å²) in [5.41, 5.74) is 3.80. The molecule has 0 aliphatic carbocycles. The first-order valence-corrected chi connectivity index (χ1v) is 18.5. The highest BCUT2D eigenvalue weighted by atomic mass is 16.5.